The fourth-order valence-corrected chi connectivity index (χ4v) is 4.84. The lowest BCUT2D eigenvalue weighted by Crippen LogP contribution is -2.46. The highest BCUT2D eigenvalue weighted by Crippen LogP contribution is 2.33. The molecule has 0 unspecified atom stereocenters. The van der Waals surface area contributed by atoms with Gasteiger partial charge in [-0.25, -0.2) is 0 Å². The number of amides is 1. The Labute approximate surface area is 193 Å². The van der Waals surface area contributed by atoms with Crippen LogP contribution in [-0.2, 0) is 4.79 Å². The lowest BCUT2D eigenvalue weighted by atomic mass is 10.00. The minimum absolute atomic E-state index is 0.0133. The maximum atomic E-state index is 12.6. The van der Waals surface area contributed by atoms with Gasteiger partial charge in [0, 0.05) is 13.0 Å². The lowest BCUT2D eigenvalue weighted by Gasteiger charge is -2.27. The second-order valence-corrected chi connectivity index (χ2v) is 9.63. The molecule has 2 aliphatic rings. The van der Waals surface area contributed by atoms with E-state index < -0.39 is 6.10 Å². The van der Waals surface area contributed by atoms with Gasteiger partial charge in [-0.2, -0.15) is 0 Å². The molecule has 4 atom stereocenters. The number of aliphatic hydroxyl groups excluding tert-OH is 1. The summed E-state index contributed by atoms with van der Waals surface area (Å²) in [5.74, 6) is 2.86. The molecule has 0 saturated heterocycles. The summed E-state index contributed by atoms with van der Waals surface area (Å²) in [6, 6.07) is 5.15. The third-order valence-electron chi connectivity index (χ3n) is 6.74. The van der Waals surface area contributed by atoms with Crippen molar-refractivity contribution in [2.45, 2.75) is 83.8 Å². The molecule has 1 heterocycles. The van der Waals surface area contributed by atoms with Crippen molar-refractivity contribution in [1.29, 1.82) is 0 Å². The molecule has 0 radical (unpaired) electrons. The van der Waals surface area contributed by atoms with E-state index in [-0.39, 0.29) is 11.9 Å². The van der Waals surface area contributed by atoms with Crippen molar-refractivity contribution >= 4 is 5.91 Å². The quantitative estimate of drug-likeness (QED) is 0.392. The van der Waals surface area contributed by atoms with Crippen LogP contribution in [0, 0.1) is 11.8 Å². The van der Waals surface area contributed by atoms with Crippen LogP contribution in [0.1, 0.15) is 83.3 Å². The Hall–Kier alpha value is -1.79. The fourth-order valence-electron chi connectivity index (χ4n) is 4.84. The van der Waals surface area contributed by atoms with Gasteiger partial charge in [0.15, 0.2) is 11.5 Å². The third-order valence-corrected chi connectivity index (χ3v) is 6.74. The van der Waals surface area contributed by atoms with Gasteiger partial charge in [-0.3, -0.25) is 4.79 Å². The average Bonchev–Trinajstić information content (AvgIpc) is 3.22. The van der Waals surface area contributed by atoms with Crippen molar-refractivity contribution in [3.8, 4) is 11.5 Å². The number of rotatable bonds is 13. The van der Waals surface area contributed by atoms with Crippen LogP contribution < -0.4 is 20.1 Å². The number of ether oxygens (including phenoxy) is 2. The molecule has 1 amide bonds. The number of benzene rings is 1. The number of hydrogen-bond donors (Lipinski definition) is 3. The van der Waals surface area contributed by atoms with Gasteiger partial charge < -0.3 is 25.2 Å². The minimum atomic E-state index is -0.815. The number of carbonyl (C=O) groups is 1. The first kappa shape index (κ1) is 24.8. The number of carbonyl (C=O) groups excluding carboxylic acids is 1. The summed E-state index contributed by atoms with van der Waals surface area (Å²) in [4.78, 5) is 12.6. The molecule has 0 bridgehead atoms. The van der Waals surface area contributed by atoms with E-state index in [1.54, 1.807) is 0 Å². The Morgan fingerprint density at radius 1 is 1.12 bits per heavy atom. The second kappa shape index (κ2) is 13.0. The van der Waals surface area contributed by atoms with E-state index in [1.165, 1.54) is 38.5 Å². The van der Waals surface area contributed by atoms with Crippen LogP contribution in [0.15, 0.2) is 18.2 Å². The molecule has 1 fully saturated rings. The Bertz CT molecular complexity index is 711. The van der Waals surface area contributed by atoms with Gasteiger partial charge in [0.2, 0.25) is 5.91 Å². The summed E-state index contributed by atoms with van der Waals surface area (Å²) in [5.41, 5.74) is 0.735. The monoisotopic (exact) mass is 446 g/mol. The normalized spacial score (nSPS) is 21.8. The van der Waals surface area contributed by atoms with Crippen LogP contribution in [0.3, 0.4) is 0 Å². The lowest BCUT2D eigenvalue weighted by molar-refractivity contribution is -0.122. The summed E-state index contributed by atoms with van der Waals surface area (Å²) in [7, 11) is 0. The van der Waals surface area contributed by atoms with Gasteiger partial charge in [0.25, 0.3) is 0 Å². The predicted molar refractivity (Wildman–Crippen MR) is 127 cm³/mol. The van der Waals surface area contributed by atoms with Crippen molar-refractivity contribution in [2.75, 3.05) is 26.3 Å². The molecule has 180 valence electrons. The summed E-state index contributed by atoms with van der Waals surface area (Å²) in [6.07, 6.45) is 9.07. The Balaban J connectivity index is 1.57. The highest BCUT2D eigenvalue weighted by molar-refractivity contribution is 5.76. The Morgan fingerprint density at radius 3 is 2.66 bits per heavy atom. The van der Waals surface area contributed by atoms with Gasteiger partial charge in [0.1, 0.15) is 19.3 Å². The number of aliphatic hydroxyl groups is 1. The molecule has 3 rings (SSSR count). The average molecular weight is 447 g/mol. The number of unbranched alkanes of at least 4 members (excludes halogenated alkanes) is 4. The predicted octanol–water partition coefficient (Wildman–Crippen LogP) is 4.36. The zero-order valence-corrected chi connectivity index (χ0v) is 19.9. The zero-order chi connectivity index (χ0) is 22.8. The van der Waals surface area contributed by atoms with E-state index in [1.807, 2.05) is 18.2 Å². The fraction of sp³-hybridized carbons (Fsp3) is 0.731. The van der Waals surface area contributed by atoms with E-state index in [0.29, 0.717) is 43.6 Å². The molecule has 1 aliphatic carbocycles. The summed E-state index contributed by atoms with van der Waals surface area (Å²) in [5, 5.41) is 17.8. The van der Waals surface area contributed by atoms with Crippen LogP contribution in [0.25, 0.3) is 0 Å². The molecule has 6 heteroatoms. The molecule has 1 aromatic carbocycles. The maximum Gasteiger partial charge on any atom is 0.220 e. The topological polar surface area (TPSA) is 79.8 Å². The van der Waals surface area contributed by atoms with Gasteiger partial charge in [0.05, 0.1) is 6.04 Å². The summed E-state index contributed by atoms with van der Waals surface area (Å²) >= 11 is 0. The van der Waals surface area contributed by atoms with Crippen LogP contribution in [-0.4, -0.2) is 43.4 Å². The summed E-state index contributed by atoms with van der Waals surface area (Å²) in [6.45, 7) is 7.02. The molecule has 32 heavy (non-hydrogen) atoms. The number of fused-ring (bicyclic) bond motifs is 1. The molecule has 1 aromatic rings. The maximum absolute atomic E-state index is 12.6. The molecule has 0 spiro atoms. The molecular formula is C26H42N2O4. The van der Waals surface area contributed by atoms with Crippen LogP contribution in [0.4, 0.5) is 0 Å². The van der Waals surface area contributed by atoms with Crippen LogP contribution in [0.2, 0.25) is 0 Å². The van der Waals surface area contributed by atoms with E-state index in [0.717, 1.165) is 30.9 Å². The van der Waals surface area contributed by atoms with E-state index >= 15 is 0 Å². The third kappa shape index (κ3) is 7.66. The van der Waals surface area contributed by atoms with E-state index in [9.17, 15) is 9.90 Å². The van der Waals surface area contributed by atoms with Crippen LogP contribution >= 0.6 is 0 Å². The zero-order valence-electron chi connectivity index (χ0n) is 19.9. The molecule has 3 N–H and O–H groups in total. The SMILES string of the molecule is CCCCCCCC(=O)N[C@H](CNC[C@@H]1CC[C@H](C)C1)[C@H](O)c1ccc2c(c1)OCCO2. The highest BCUT2D eigenvalue weighted by Gasteiger charge is 2.26. The smallest absolute Gasteiger partial charge is 0.220 e. The molecule has 6 nitrogen and oxygen atoms in total. The van der Waals surface area contributed by atoms with E-state index in [2.05, 4.69) is 24.5 Å². The molecule has 1 aliphatic heterocycles. The summed E-state index contributed by atoms with van der Waals surface area (Å²) < 4.78 is 11.3. The van der Waals surface area contributed by atoms with E-state index in [4.69, 9.17) is 9.47 Å². The molecule has 1 saturated carbocycles. The minimum Gasteiger partial charge on any atom is -0.486 e. The van der Waals surface area contributed by atoms with Crippen LogP contribution in [0.5, 0.6) is 11.5 Å². The van der Waals surface area contributed by atoms with Crippen molar-refractivity contribution in [2.24, 2.45) is 11.8 Å². The first-order valence-corrected chi connectivity index (χ1v) is 12.6. The van der Waals surface area contributed by atoms with Crippen molar-refractivity contribution in [1.82, 2.24) is 10.6 Å². The van der Waals surface area contributed by atoms with Crippen molar-refractivity contribution in [3.63, 3.8) is 0 Å². The van der Waals surface area contributed by atoms with Gasteiger partial charge in [-0.05, 0) is 55.3 Å². The highest BCUT2D eigenvalue weighted by atomic mass is 16.6. The largest absolute Gasteiger partial charge is 0.486 e. The van der Waals surface area contributed by atoms with Gasteiger partial charge in [-0.15, -0.1) is 0 Å². The first-order chi connectivity index (χ1) is 15.6. The Morgan fingerprint density at radius 2 is 1.91 bits per heavy atom. The van der Waals surface area contributed by atoms with Gasteiger partial charge in [-0.1, -0.05) is 52.0 Å². The van der Waals surface area contributed by atoms with Crippen molar-refractivity contribution in [3.05, 3.63) is 23.8 Å². The molecule has 0 aromatic heterocycles. The Kier molecular flexibility index (Phi) is 10.1. The first-order valence-electron chi connectivity index (χ1n) is 12.6. The van der Waals surface area contributed by atoms with Gasteiger partial charge >= 0.3 is 0 Å². The standard InChI is InChI=1S/C26H42N2O4/c1-3-4-5-6-7-8-25(29)28-22(18-27-17-20-10-9-19(2)15-20)26(30)21-11-12-23-24(16-21)32-14-13-31-23/h11-12,16,19-20,22,26-27,30H,3-10,13-15,17-18H2,1-2H3,(H,28,29)/t19-,20+,22+,26+/m0/s1. The number of hydrogen-bond acceptors (Lipinski definition) is 5. The number of nitrogens with one attached hydrogen (secondary N) is 2. The molecular weight excluding hydrogens is 404 g/mol. The second-order valence-electron chi connectivity index (χ2n) is 9.63. The van der Waals surface area contributed by atoms with Crippen molar-refractivity contribution < 1.29 is 19.4 Å².